The molecule has 1 fully saturated rings. The van der Waals surface area contributed by atoms with Crippen LogP contribution in [-0.4, -0.2) is 68.9 Å². The van der Waals surface area contributed by atoms with Gasteiger partial charge in [-0.3, -0.25) is 0 Å². The second-order valence-electron chi connectivity index (χ2n) is 6.10. The summed E-state index contributed by atoms with van der Waals surface area (Å²) in [5.41, 5.74) is -1.27. The standard InChI is InChI=1S/C17H19GeN2O9/c1-8(21)26-7-12-13(27-9(2)22)14(28-10(3)23)16(29-12)20-6-11(4-5-18)15(24)19-17(20)25/h4-6,12-14,16H,7H2,1-3H3,(H,19,24,25)/b5-4+/t12-,13-,14+,16-/m1/s1. The van der Waals surface area contributed by atoms with E-state index in [-0.39, 0.29) is 12.2 Å². The minimum atomic E-state index is -1.24. The summed E-state index contributed by atoms with van der Waals surface area (Å²) >= 11 is 1.69. The van der Waals surface area contributed by atoms with Gasteiger partial charge in [0.05, 0.1) is 0 Å². The number of nitrogens with one attached hydrogen (secondary N) is 1. The van der Waals surface area contributed by atoms with Crippen molar-refractivity contribution in [2.45, 2.75) is 45.3 Å². The molecule has 0 amide bonds. The van der Waals surface area contributed by atoms with Crippen LogP contribution in [0.1, 0.15) is 32.6 Å². The average molecular weight is 468 g/mol. The summed E-state index contributed by atoms with van der Waals surface area (Å²) in [6.07, 6.45) is -1.91. The first-order valence-corrected chi connectivity index (χ1v) is 9.67. The SMILES string of the molecule is CC(=O)OC[C@H]1O[C@@H](n2cc(/C=[CH]/[Ge])c(=O)[nH]c2=O)[C@@H](OC(C)=O)[C@@H]1OC(C)=O. The van der Waals surface area contributed by atoms with Gasteiger partial charge in [0.15, 0.2) is 0 Å². The number of ether oxygens (including phenoxy) is 4. The van der Waals surface area contributed by atoms with Gasteiger partial charge >= 0.3 is 173 Å². The van der Waals surface area contributed by atoms with E-state index >= 15 is 0 Å². The quantitative estimate of drug-likeness (QED) is 0.316. The van der Waals surface area contributed by atoms with Gasteiger partial charge in [-0.1, -0.05) is 0 Å². The first kappa shape index (κ1) is 22.6. The molecule has 0 bridgehead atoms. The predicted octanol–water partition coefficient (Wildman–Crippen LogP) is -1.00. The van der Waals surface area contributed by atoms with Crippen LogP contribution >= 0.6 is 0 Å². The Bertz CT molecular complexity index is 936. The van der Waals surface area contributed by atoms with Crippen LogP contribution in [0.25, 0.3) is 6.08 Å². The van der Waals surface area contributed by atoms with E-state index in [9.17, 15) is 24.0 Å². The number of carbonyl (C=O) groups excluding carboxylic acids is 3. The van der Waals surface area contributed by atoms with Crippen LogP contribution in [0.5, 0.6) is 0 Å². The molecule has 2 rings (SSSR count). The Balaban J connectivity index is 2.52. The van der Waals surface area contributed by atoms with Crippen LogP contribution in [0.4, 0.5) is 0 Å². The molecule has 0 saturated carbocycles. The number of hydrogen-bond acceptors (Lipinski definition) is 9. The summed E-state index contributed by atoms with van der Waals surface area (Å²) in [6.45, 7) is 3.17. The van der Waals surface area contributed by atoms with E-state index in [1.165, 1.54) is 19.2 Å². The fraction of sp³-hybridized carbons (Fsp3) is 0.471. The van der Waals surface area contributed by atoms with Gasteiger partial charge in [-0.05, 0) is 0 Å². The maximum atomic E-state index is 12.4. The predicted molar refractivity (Wildman–Crippen MR) is 97.8 cm³/mol. The van der Waals surface area contributed by atoms with Crippen molar-refractivity contribution in [1.29, 1.82) is 0 Å². The third-order valence-corrected chi connectivity index (χ3v) is 4.22. The van der Waals surface area contributed by atoms with Crippen molar-refractivity contribution < 1.29 is 33.3 Å². The molecule has 12 heteroatoms. The number of H-pyrrole nitrogens is 1. The summed E-state index contributed by atoms with van der Waals surface area (Å²) in [7, 11) is 0. The number of hydrogen-bond donors (Lipinski definition) is 1. The van der Waals surface area contributed by atoms with Gasteiger partial charge in [0.25, 0.3) is 0 Å². The summed E-state index contributed by atoms with van der Waals surface area (Å²) in [4.78, 5) is 62.4. The zero-order valence-electron chi connectivity index (χ0n) is 15.9. The zero-order valence-corrected chi connectivity index (χ0v) is 18.0. The van der Waals surface area contributed by atoms with Gasteiger partial charge < -0.3 is 0 Å². The molecule has 2 heterocycles. The molecule has 1 saturated heterocycles. The number of aromatic nitrogens is 2. The minimum absolute atomic E-state index is 0.157. The van der Waals surface area contributed by atoms with Gasteiger partial charge in [-0.2, -0.15) is 0 Å². The number of carbonyl (C=O) groups is 3. The third kappa shape index (κ3) is 5.67. The molecule has 11 nitrogen and oxygen atoms in total. The molecule has 1 aromatic rings. The molecule has 0 aliphatic carbocycles. The van der Waals surface area contributed by atoms with Crippen molar-refractivity contribution >= 4 is 40.5 Å². The van der Waals surface area contributed by atoms with Crippen molar-refractivity contribution in [2.75, 3.05) is 6.61 Å². The van der Waals surface area contributed by atoms with E-state index < -0.39 is 53.7 Å². The first-order valence-electron chi connectivity index (χ1n) is 8.46. The van der Waals surface area contributed by atoms with Gasteiger partial charge in [-0.15, -0.1) is 0 Å². The molecule has 0 aromatic carbocycles. The van der Waals surface area contributed by atoms with E-state index in [4.69, 9.17) is 18.9 Å². The molecule has 3 radical (unpaired) electrons. The van der Waals surface area contributed by atoms with Crippen LogP contribution < -0.4 is 11.2 Å². The molecule has 1 aliphatic heterocycles. The van der Waals surface area contributed by atoms with E-state index in [0.29, 0.717) is 0 Å². The molecule has 1 aliphatic rings. The van der Waals surface area contributed by atoms with Crippen molar-refractivity contribution in [3.8, 4) is 0 Å². The fourth-order valence-electron chi connectivity index (χ4n) is 2.82. The second-order valence-corrected chi connectivity index (χ2v) is 6.80. The Kier molecular flexibility index (Phi) is 7.56. The van der Waals surface area contributed by atoms with Crippen molar-refractivity contribution in [1.82, 2.24) is 9.55 Å². The first-order chi connectivity index (χ1) is 13.6. The van der Waals surface area contributed by atoms with Crippen molar-refractivity contribution in [3.63, 3.8) is 0 Å². The van der Waals surface area contributed by atoms with Crippen LogP contribution in [0.2, 0.25) is 0 Å². The summed E-state index contributed by atoms with van der Waals surface area (Å²) in [5, 5.41) is 0. The van der Waals surface area contributed by atoms with Gasteiger partial charge in [-0.25, -0.2) is 0 Å². The monoisotopic (exact) mass is 469 g/mol. The van der Waals surface area contributed by atoms with E-state index in [1.807, 2.05) is 0 Å². The Hall–Kier alpha value is -2.67. The third-order valence-electron chi connectivity index (χ3n) is 3.87. The summed E-state index contributed by atoms with van der Waals surface area (Å²) in [5.74, 6) is -1.99. The Morgan fingerprint density at radius 2 is 1.76 bits per heavy atom. The molecule has 1 aromatic heterocycles. The zero-order chi connectivity index (χ0) is 21.7. The summed E-state index contributed by atoms with van der Waals surface area (Å²) < 4.78 is 22.2. The Labute approximate surface area is 173 Å². The average Bonchev–Trinajstić information content (AvgIpc) is 2.92. The van der Waals surface area contributed by atoms with Crippen LogP contribution in [0, 0.1) is 0 Å². The maximum absolute atomic E-state index is 12.4. The molecule has 0 unspecified atom stereocenters. The number of rotatable bonds is 6. The summed E-state index contributed by atoms with van der Waals surface area (Å²) in [6, 6.07) is 0. The second kappa shape index (κ2) is 9.70. The molecule has 0 spiro atoms. The Morgan fingerprint density at radius 1 is 1.14 bits per heavy atom. The molecule has 1 N–H and O–H groups in total. The van der Waals surface area contributed by atoms with E-state index in [1.54, 1.807) is 21.4 Å². The van der Waals surface area contributed by atoms with Gasteiger partial charge in [0.1, 0.15) is 0 Å². The van der Waals surface area contributed by atoms with Crippen molar-refractivity contribution in [2.24, 2.45) is 0 Å². The van der Waals surface area contributed by atoms with Crippen LogP contribution in [-0.2, 0) is 33.3 Å². The number of nitrogens with zero attached hydrogens (tertiary/aromatic N) is 1. The topological polar surface area (TPSA) is 143 Å². The molecular weight excluding hydrogens is 449 g/mol. The normalized spacial score (nSPS) is 23.7. The molecule has 155 valence electrons. The molecular formula is C17H19GeN2O9. The fourth-order valence-corrected chi connectivity index (χ4v) is 3.19. The Morgan fingerprint density at radius 3 is 2.31 bits per heavy atom. The van der Waals surface area contributed by atoms with Gasteiger partial charge in [0.2, 0.25) is 0 Å². The van der Waals surface area contributed by atoms with Crippen LogP contribution in [0.15, 0.2) is 20.7 Å². The van der Waals surface area contributed by atoms with E-state index in [2.05, 4.69) is 4.98 Å². The molecule has 4 atom stereocenters. The molecule has 29 heavy (non-hydrogen) atoms. The van der Waals surface area contributed by atoms with Gasteiger partial charge in [0, 0.05) is 0 Å². The van der Waals surface area contributed by atoms with E-state index in [0.717, 1.165) is 18.4 Å². The number of esters is 3. The number of aromatic amines is 1. The van der Waals surface area contributed by atoms with Crippen LogP contribution in [0.3, 0.4) is 0 Å². The van der Waals surface area contributed by atoms with Crippen molar-refractivity contribution in [3.05, 3.63) is 37.5 Å².